The lowest BCUT2D eigenvalue weighted by atomic mass is 10.1. The molecule has 1 saturated heterocycles. The van der Waals surface area contributed by atoms with E-state index in [2.05, 4.69) is 20.3 Å². The van der Waals surface area contributed by atoms with Crippen molar-refractivity contribution in [2.24, 2.45) is 12.0 Å². The average Bonchev–Trinajstić information content (AvgIpc) is 3.20. The maximum Gasteiger partial charge on any atom is 0.194 e. The minimum atomic E-state index is 0.0182. The Balaban J connectivity index is 1.62. The molecular formula is C15H21N5O2. The highest BCUT2D eigenvalue weighted by molar-refractivity contribution is 5.80. The summed E-state index contributed by atoms with van der Waals surface area (Å²) < 4.78 is 13.0. The van der Waals surface area contributed by atoms with E-state index in [1.807, 2.05) is 31.6 Å². The van der Waals surface area contributed by atoms with E-state index >= 15 is 0 Å². The summed E-state index contributed by atoms with van der Waals surface area (Å²) >= 11 is 0. The second kappa shape index (κ2) is 6.65. The number of aromatic nitrogens is 2. The van der Waals surface area contributed by atoms with Crippen molar-refractivity contribution in [1.29, 1.82) is 0 Å². The number of hydrogen-bond donors (Lipinski definition) is 1. The van der Waals surface area contributed by atoms with Crippen LogP contribution in [-0.2, 0) is 18.3 Å². The highest BCUT2D eigenvalue weighted by atomic mass is 16.5. The van der Waals surface area contributed by atoms with Gasteiger partial charge in [0.2, 0.25) is 0 Å². The Kier molecular flexibility index (Phi) is 4.43. The van der Waals surface area contributed by atoms with Gasteiger partial charge in [-0.1, -0.05) is 0 Å². The quantitative estimate of drug-likeness (QED) is 0.681. The number of nitrogens with one attached hydrogen (secondary N) is 1. The van der Waals surface area contributed by atoms with E-state index in [0.29, 0.717) is 13.2 Å². The first-order valence-electron chi connectivity index (χ1n) is 7.34. The zero-order valence-electron chi connectivity index (χ0n) is 12.9. The van der Waals surface area contributed by atoms with Crippen LogP contribution in [-0.4, -0.2) is 47.4 Å². The largest absolute Gasteiger partial charge is 0.467 e. The van der Waals surface area contributed by atoms with Crippen LogP contribution < -0.4 is 5.32 Å². The fourth-order valence-electron chi connectivity index (χ4n) is 2.56. The fourth-order valence-corrected chi connectivity index (χ4v) is 2.56. The van der Waals surface area contributed by atoms with E-state index in [9.17, 15) is 0 Å². The predicted molar refractivity (Wildman–Crippen MR) is 82.4 cm³/mol. The van der Waals surface area contributed by atoms with Gasteiger partial charge in [0, 0.05) is 32.4 Å². The van der Waals surface area contributed by atoms with E-state index in [1.54, 1.807) is 18.0 Å². The van der Waals surface area contributed by atoms with Crippen LogP contribution in [0.1, 0.15) is 17.4 Å². The Hall–Kier alpha value is -2.28. The number of rotatable bonds is 3. The van der Waals surface area contributed by atoms with Crippen LogP contribution in [0.3, 0.4) is 0 Å². The highest BCUT2D eigenvalue weighted by Crippen LogP contribution is 2.21. The van der Waals surface area contributed by atoms with E-state index in [0.717, 1.165) is 30.4 Å². The van der Waals surface area contributed by atoms with Crippen molar-refractivity contribution in [2.45, 2.75) is 12.6 Å². The Morgan fingerprint density at radius 2 is 2.45 bits per heavy atom. The van der Waals surface area contributed by atoms with Gasteiger partial charge in [0.05, 0.1) is 32.2 Å². The van der Waals surface area contributed by atoms with Crippen LogP contribution in [0.2, 0.25) is 0 Å². The molecule has 1 fully saturated rings. The molecule has 1 N–H and O–H groups in total. The van der Waals surface area contributed by atoms with Crippen molar-refractivity contribution in [2.75, 3.05) is 26.7 Å². The van der Waals surface area contributed by atoms with Crippen molar-refractivity contribution in [3.8, 4) is 0 Å². The summed E-state index contributed by atoms with van der Waals surface area (Å²) in [6.45, 7) is 2.85. The van der Waals surface area contributed by atoms with Crippen LogP contribution in [0.15, 0.2) is 40.2 Å². The second-order valence-electron chi connectivity index (χ2n) is 5.23. The van der Waals surface area contributed by atoms with Crippen LogP contribution in [0.5, 0.6) is 0 Å². The van der Waals surface area contributed by atoms with Gasteiger partial charge in [0.15, 0.2) is 5.96 Å². The Labute approximate surface area is 129 Å². The Bertz CT molecular complexity index is 620. The molecule has 0 bridgehead atoms. The number of morpholine rings is 1. The van der Waals surface area contributed by atoms with E-state index in [1.165, 1.54) is 0 Å². The molecule has 3 rings (SSSR count). The minimum absolute atomic E-state index is 0.0182. The first-order valence-corrected chi connectivity index (χ1v) is 7.34. The average molecular weight is 303 g/mol. The minimum Gasteiger partial charge on any atom is -0.467 e. The molecule has 1 aliphatic rings. The molecule has 1 unspecified atom stereocenters. The lowest BCUT2D eigenvalue weighted by molar-refractivity contribution is -0.00807. The monoisotopic (exact) mass is 303 g/mol. The van der Waals surface area contributed by atoms with Crippen molar-refractivity contribution in [3.63, 3.8) is 0 Å². The molecule has 118 valence electrons. The molecule has 0 aliphatic carbocycles. The summed E-state index contributed by atoms with van der Waals surface area (Å²) in [4.78, 5) is 6.56. The van der Waals surface area contributed by atoms with Crippen LogP contribution in [0.25, 0.3) is 0 Å². The van der Waals surface area contributed by atoms with Crippen LogP contribution in [0.4, 0.5) is 0 Å². The van der Waals surface area contributed by atoms with Gasteiger partial charge in [0.25, 0.3) is 0 Å². The van der Waals surface area contributed by atoms with Crippen LogP contribution >= 0.6 is 0 Å². The predicted octanol–water partition coefficient (Wildman–Crippen LogP) is 1.16. The van der Waals surface area contributed by atoms with Gasteiger partial charge in [-0.2, -0.15) is 5.10 Å². The van der Waals surface area contributed by atoms with Gasteiger partial charge in [-0.15, -0.1) is 0 Å². The topological polar surface area (TPSA) is 67.8 Å². The molecule has 1 atom stereocenters. The molecule has 0 spiro atoms. The summed E-state index contributed by atoms with van der Waals surface area (Å²) in [6.07, 6.45) is 5.54. The number of guanidine groups is 1. The number of nitrogens with zero attached hydrogens (tertiary/aromatic N) is 4. The third kappa shape index (κ3) is 3.30. The molecular weight excluding hydrogens is 282 g/mol. The van der Waals surface area contributed by atoms with Gasteiger partial charge >= 0.3 is 0 Å². The number of hydrogen-bond acceptors (Lipinski definition) is 4. The van der Waals surface area contributed by atoms with E-state index < -0.39 is 0 Å². The summed E-state index contributed by atoms with van der Waals surface area (Å²) in [7, 11) is 3.70. The van der Waals surface area contributed by atoms with E-state index in [4.69, 9.17) is 9.15 Å². The van der Waals surface area contributed by atoms with Crippen molar-refractivity contribution >= 4 is 5.96 Å². The van der Waals surface area contributed by atoms with Crippen molar-refractivity contribution in [3.05, 3.63) is 42.1 Å². The van der Waals surface area contributed by atoms with Gasteiger partial charge in [-0.25, -0.2) is 0 Å². The SMILES string of the molecule is CN=C(NCc1ccco1)N1CCOC(c2cnn(C)c2)C1. The summed E-state index contributed by atoms with van der Waals surface area (Å²) in [6, 6.07) is 3.82. The maximum atomic E-state index is 5.86. The molecule has 0 amide bonds. The lowest BCUT2D eigenvalue weighted by Gasteiger charge is -2.34. The van der Waals surface area contributed by atoms with E-state index in [-0.39, 0.29) is 6.10 Å². The van der Waals surface area contributed by atoms with Crippen LogP contribution in [0, 0.1) is 0 Å². The molecule has 7 nitrogen and oxygen atoms in total. The second-order valence-corrected chi connectivity index (χ2v) is 5.23. The molecule has 7 heteroatoms. The van der Waals surface area contributed by atoms with Crippen molar-refractivity contribution in [1.82, 2.24) is 20.0 Å². The maximum absolute atomic E-state index is 5.86. The first kappa shape index (κ1) is 14.6. The zero-order chi connectivity index (χ0) is 15.4. The third-order valence-electron chi connectivity index (χ3n) is 3.68. The summed E-state index contributed by atoms with van der Waals surface area (Å²) in [5, 5.41) is 7.54. The van der Waals surface area contributed by atoms with Gasteiger partial charge in [0.1, 0.15) is 11.9 Å². The third-order valence-corrected chi connectivity index (χ3v) is 3.68. The number of aliphatic imine (C=N–C) groups is 1. The fraction of sp³-hybridized carbons (Fsp3) is 0.467. The molecule has 22 heavy (non-hydrogen) atoms. The Morgan fingerprint density at radius 3 is 3.14 bits per heavy atom. The molecule has 2 aromatic heterocycles. The molecule has 0 radical (unpaired) electrons. The normalized spacial score (nSPS) is 19.5. The molecule has 2 aromatic rings. The molecule has 0 saturated carbocycles. The van der Waals surface area contributed by atoms with Crippen molar-refractivity contribution < 1.29 is 9.15 Å². The standard InChI is InChI=1S/C15H21N5O2/c1-16-15(17-9-13-4-3-6-21-13)20-5-7-22-14(11-20)12-8-18-19(2)10-12/h3-4,6,8,10,14H,5,7,9,11H2,1-2H3,(H,16,17). The molecule has 3 heterocycles. The Morgan fingerprint density at radius 1 is 1.55 bits per heavy atom. The molecule has 1 aliphatic heterocycles. The smallest absolute Gasteiger partial charge is 0.194 e. The van der Waals surface area contributed by atoms with Gasteiger partial charge in [-0.05, 0) is 12.1 Å². The summed E-state index contributed by atoms with van der Waals surface area (Å²) in [5.74, 6) is 1.74. The number of aryl methyl sites for hydroxylation is 1. The number of ether oxygens (including phenoxy) is 1. The lowest BCUT2D eigenvalue weighted by Crippen LogP contribution is -2.47. The summed E-state index contributed by atoms with van der Waals surface area (Å²) in [5.41, 5.74) is 1.09. The zero-order valence-corrected chi connectivity index (χ0v) is 12.9. The first-order chi connectivity index (χ1) is 10.8. The van der Waals surface area contributed by atoms with Gasteiger partial charge in [-0.3, -0.25) is 9.67 Å². The van der Waals surface area contributed by atoms with Gasteiger partial charge < -0.3 is 19.4 Å². The highest BCUT2D eigenvalue weighted by Gasteiger charge is 2.25. The molecule has 0 aromatic carbocycles. The number of furan rings is 1.